The lowest BCUT2D eigenvalue weighted by atomic mass is 9.76. The van der Waals surface area contributed by atoms with Crippen molar-refractivity contribution in [1.29, 1.82) is 0 Å². The van der Waals surface area contributed by atoms with Gasteiger partial charge in [-0.15, -0.1) is 0 Å². The lowest BCUT2D eigenvalue weighted by Crippen LogP contribution is -2.36. The van der Waals surface area contributed by atoms with Gasteiger partial charge in [0.25, 0.3) is 0 Å². The first-order valence-electron chi connectivity index (χ1n) is 5.33. The standard InChI is InChI=1S/C11H22O2/c1-4-6-11(2,3)10(12)9-5-7-13-8-9/h9-10,12H,4-8H2,1-3H3. The third-order valence-electron chi connectivity index (χ3n) is 3.11. The first-order valence-corrected chi connectivity index (χ1v) is 5.33. The number of ether oxygens (including phenoxy) is 1. The normalized spacial score (nSPS) is 26.3. The fraction of sp³-hybridized carbons (Fsp3) is 1.00. The zero-order valence-electron chi connectivity index (χ0n) is 9.05. The molecular formula is C11H22O2. The quantitative estimate of drug-likeness (QED) is 0.729. The van der Waals surface area contributed by atoms with Gasteiger partial charge >= 0.3 is 0 Å². The molecule has 0 saturated carbocycles. The monoisotopic (exact) mass is 186 g/mol. The van der Waals surface area contributed by atoms with Crippen molar-refractivity contribution in [2.24, 2.45) is 11.3 Å². The van der Waals surface area contributed by atoms with Gasteiger partial charge in [0.1, 0.15) is 0 Å². The molecule has 1 aliphatic heterocycles. The number of hydrogen-bond donors (Lipinski definition) is 1. The van der Waals surface area contributed by atoms with Gasteiger partial charge in [0.15, 0.2) is 0 Å². The highest BCUT2D eigenvalue weighted by atomic mass is 16.5. The second kappa shape index (κ2) is 4.43. The van der Waals surface area contributed by atoms with E-state index in [1.807, 2.05) is 0 Å². The molecule has 0 radical (unpaired) electrons. The van der Waals surface area contributed by atoms with Crippen LogP contribution in [0.5, 0.6) is 0 Å². The van der Waals surface area contributed by atoms with Crippen molar-refractivity contribution in [3.8, 4) is 0 Å². The molecule has 13 heavy (non-hydrogen) atoms. The Balaban J connectivity index is 2.48. The van der Waals surface area contributed by atoms with Crippen LogP contribution in [-0.4, -0.2) is 24.4 Å². The van der Waals surface area contributed by atoms with Gasteiger partial charge in [-0.05, 0) is 18.3 Å². The smallest absolute Gasteiger partial charge is 0.0642 e. The Labute approximate surface area is 81.3 Å². The average Bonchev–Trinajstić information content (AvgIpc) is 2.54. The van der Waals surface area contributed by atoms with E-state index >= 15 is 0 Å². The fourth-order valence-electron chi connectivity index (χ4n) is 2.23. The molecule has 0 bridgehead atoms. The van der Waals surface area contributed by atoms with Crippen molar-refractivity contribution in [2.45, 2.75) is 46.1 Å². The Morgan fingerprint density at radius 3 is 2.69 bits per heavy atom. The maximum absolute atomic E-state index is 10.1. The van der Waals surface area contributed by atoms with Gasteiger partial charge in [-0.25, -0.2) is 0 Å². The first kappa shape index (κ1) is 11.0. The van der Waals surface area contributed by atoms with Gasteiger partial charge in [0.05, 0.1) is 12.7 Å². The fourth-order valence-corrected chi connectivity index (χ4v) is 2.23. The topological polar surface area (TPSA) is 29.5 Å². The third-order valence-corrected chi connectivity index (χ3v) is 3.11. The SMILES string of the molecule is CCCC(C)(C)C(O)C1CCOC1. The summed E-state index contributed by atoms with van der Waals surface area (Å²) < 4.78 is 5.29. The van der Waals surface area contributed by atoms with Crippen LogP contribution in [-0.2, 0) is 4.74 Å². The van der Waals surface area contributed by atoms with Gasteiger partial charge in [0.2, 0.25) is 0 Å². The van der Waals surface area contributed by atoms with Gasteiger partial charge in [-0.1, -0.05) is 27.2 Å². The number of hydrogen-bond acceptors (Lipinski definition) is 2. The summed E-state index contributed by atoms with van der Waals surface area (Å²) in [6, 6.07) is 0. The highest BCUT2D eigenvalue weighted by Gasteiger charge is 2.35. The highest BCUT2D eigenvalue weighted by molar-refractivity contribution is 4.84. The molecule has 2 unspecified atom stereocenters. The Kier molecular flexibility index (Phi) is 3.74. The van der Waals surface area contributed by atoms with Gasteiger partial charge < -0.3 is 9.84 Å². The van der Waals surface area contributed by atoms with Crippen LogP contribution < -0.4 is 0 Å². The zero-order valence-corrected chi connectivity index (χ0v) is 9.05. The second-order valence-corrected chi connectivity index (χ2v) is 4.81. The Bertz CT molecular complexity index is 148. The van der Waals surface area contributed by atoms with Crippen LogP contribution in [0.3, 0.4) is 0 Å². The molecule has 78 valence electrons. The lowest BCUT2D eigenvalue weighted by molar-refractivity contribution is -0.00708. The van der Waals surface area contributed by atoms with E-state index in [0.717, 1.165) is 32.5 Å². The van der Waals surface area contributed by atoms with Crippen LogP contribution in [0.1, 0.15) is 40.0 Å². The Morgan fingerprint density at radius 2 is 2.23 bits per heavy atom. The minimum Gasteiger partial charge on any atom is -0.392 e. The first-order chi connectivity index (χ1) is 6.08. The lowest BCUT2D eigenvalue weighted by Gasteiger charge is -2.33. The summed E-state index contributed by atoms with van der Waals surface area (Å²) in [6.07, 6.45) is 3.05. The summed E-state index contributed by atoms with van der Waals surface area (Å²) in [4.78, 5) is 0. The molecule has 0 spiro atoms. The maximum Gasteiger partial charge on any atom is 0.0642 e. The molecule has 0 amide bonds. The van der Waals surface area contributed by atoms with Crippen molar-refractivity contribution in [1.82, 2.24) is 0 Å². The van der Waals surface area contributed by atoms with Gasteiger partial charge in [-0.3, -0.25) is 0 Å². The molecule has 0 aliphatic carbocycles. The summed E-state index contributed by atoms with van der Waals surface area (Å²) in [5, 5.41) is 10.1. The molecular weight excluding hydrogens is 164 g/mol. The van der Waals surface area contributed by atoms with E-state index in [1.165, 1.54) is 0 Å². The third kappa shape index (κ3) is 2.68. The van der Waals surface area contributed by atoms with Gasteiger partial charge in [0, 0.05) is 12.5 Å². The van der Waals surface area contributed by atoms with E-state index in [1.54, 1.807) is 0 Å². The van der Waals surface area contributed by atoms with Gasteiger partial charge in [-0.2, -0.15) is 0 Å². The number of aliphatic hydroxyl groups is 1. The molecule has 1 saturated heterocycles. The minimum absolute atomic E-state index is 0.0487. The second-order valence-electron chi connectivity index (χ2n) is 4.81. The Hall–Kier alpha value is -0.0800. The van der Waals surface area contributed by atoms with E-state index in [2.05, 4.69) is 20.8 Å². The van der Waals surface area contributed by atoms with Crippen molar-refractivity contribution in [3.63, 3.8) is 0 Å². The minimum atomic E-state index is -0.199. The highest BCUT2D eigenvalue weighted by Crippen LogP contribution is 2.34. The van der Waals surface area contributed by atoms with E-state index in [4.69, 9.17) is 4.74 Å². The molecule has 0 aromatic heterocycles. The van der Waals surface area contributed by atoms with Crippen molar-refractivity contribution < 1.29 is 9.84 Å². The zero-order chi connectivity index (χ0) is 9.90. The summed E-state index contributed by atoms with van der Waals surface area (Å²) in [6.45, 7) is 8.04. The van der Waals surface area contributed by atoms with E-state index in [9.17, 15) is 5.11 Å². The number of aliphatic hydroxyl groups excluding tert-OH is 1. The molecule has 1 N–H and O–H groups in total. The largest absolute Gasteiger partial charge is 0.392 e. The molecule has 2 heteroatoms. The van der Waals surface area contributed by atoms with E-state index in [0.29, 0.717) is 5.92 Å². The van der Waals surface area contributed by atoms with Crippen molar-refractivity contribution >= 4 is 0 Å². The van der Waals surface area contributed by atoms with Crippen molar-refractivity contribution in [2.75, 3.05) is 13.2 Å². The van der Waals surface area contributed by atoms with E-state index < -0.39 is 0 Å². The number of rotatable bonds is 4. The van der Waals surface area contributed by atoms with Crippen LogP contribution in [0, 0.1) is 11.3 Å². The van der Waals surface area contributed by atoms with Crippen LogP contribution in [0.4, 0.5) is 0 Å². The summed E-state index contributed by atoms with van der Waals surface area (Å²) >= 11 is 0. The van der Waals surface area contributed by atoms with Crippen LogP contribution in [0.25, 0.3) is 0 Å². The molecule has 0 aromatic rings. The molecule has 1 fully saturated rings. The van der Waals surface area contributed by atoms with Crippen molar-refractivity contribution in [3.05, 3.63) is 0 Å². The van der Waals surface area contributed by atoms with Crippen LogP contribution in [0.2, 0.25) is 0 Å². The maximum atomic E-state index is 10.1. The predicted molar refractivity (Wildman–Crippen MR) is 53.6 cm³/mol. The molecule has 1 aliphatic rings. The summed E-state index contributed by atoms with van der Waals surface area (Å²) in [7, 11) is 0. The van der Waals surface area contributed by atoms with Crippen LogP contribution in [0.15, 0.2) is 0 Å². The summed E-state index contributed by atoms with van der Waals surface area (Å²) in [5.74, 6) is 0.363. The summed E-state index contributed by atoms with van der Waals surface area (Å²) in [5.41, 5.74) is 0.0487. The molecule has 1 heterocycles. The predicted octanol–water partition coefficient (Wildman–Crippen LogP) is 2.21. The average molecular weight is 186 g/mol. The van der Waals surface area contributed by atoms with Crippen LogP contribution >= 0.6 is 0 Å². The van der Waals surface area contributed by atoms with E-state index in [-0.39, 0.29) is 11.5 Å². The molecule has 2 atom stereocenters. The molecule has 0 aromatic carbocycles. The Morgan fingerprint density at radius 1 is 1.54 bits per heavy atom. The molecule has 2 nitrogen and oxygen atoms in total. The molecule has 1 rings (SSSR count).